The van der Waals surface area contributed by atoms with Gasteiger partial charge in [-0.15, -0.1) is 5.11 Å². The number of esters is 1. The molecule has 0 saturated carbocycles. The van der Waals surface area contributed by atoms with E-state index < -0.39 is 33.4 Å². The Hall–Kier alpha value is -3.11. The summed E-state index contributed by atoms with van der Waals surface area (Å²) >= 11 is 0. The summed E-state index contributed by atoms with van der Waals surface area (Å²) in [7, 11) is -3.27. The molecule has 26 heavy (non-hydrogen) atoms. The van der Waals surface area contributed by atoms with Crippen LogP contribution in [-0.4, -0.2) is 31.2 Å². The zero-order valence-corrected chi connectivity index (χ0v) is 14.1. The zero-order chi connectivity index (χ0) is 19.3. The maximum atomic E-state index is 13.0. The van der Waals surface area contributed by atoms with Crippen molar-refractivity contribution in [3.8, 4) is 0 Å². The lowest BCUT2D eigenvalue weighted by Gasteiger charge is -2.04. The van der Waals surface area contributed by atoms with Crippen molar-refractivity contribution >= 4 is 27.5 Å². The summed E-state index contributed by atoms with van der Waals surface area (Å²) in [6.45, 7) is 0. The van der Waals surface area contributed by atoms with Gasteiger partial charge in [0.25, 0.3) is 10.1 Å². The van der Waals surface area contributed by atoms with Crippen molar-refractivity contribution in [1.82, 2.24) is 0 Å². The summed E-state index contributed by atoms with van der Waals surface area (Å²) in [6.07, 6.45) is 0. The molecule has 0 spiro atoms. The molecule has 0 saturated heterocycles. The van der Waals surface area contributed by atoms with Gasteiger partial charge in [-0.05, 0) is 48.5 Å². The van der Waals surface area contributed by atoms with E-state index in [2.05, 4.69) is 15.0 Å². The molecule has 0 aliphatic carbocycles. The highest BCUT2D eigenvalue weighted by molar-refractivity contribution is 7.85. The third-order valence-corrected chi connectivity index (χ3v) is 3.99. The van der Waals surface area contributed by atoms with E-state index >= 15 is 0 Å². The van der Waals surface area contributed by atoms with Crippen LogP contribution in [0.5, 0.6) is 0 Å². The number of methoxy groups -OCH3 is 1. The molecule has 0 amide bonds. The van der Waals surface area contributed by atoms with Crippen LogP contribution in [0.1, 0.15) is 5.56 Å². The monoisotopic (exact) mass is 380 g/mol. The van der Waals surface area contributed by atoms with Crippen LogP contribution < -0.4 is 0 Å². The minimum atomic E-state index is -4.35. The zero-order valence-electron chi connectivity index (χ0n) is 13.3. The van der Waals surface area contributed by atoms with Gasteiger partial charge < -0.3 is 9.84 Å². The van der Waals surface area contributed by atoms with Gasteiger partial charge in [-0.3, -0.25) is 4.55 Å². The standard InChI is InChI=1S/C16H13FN2O6S/c1-25-16(21)14(15(20)10-2-4-11(17)5-3-10)19-18-12-6-8-13(9-7-12)26(22,23)24/h2-9,20H,1H3,(H,22,23,24). The molecule has 10 heteroatoms. The van der Waals surface area contributed by atoms with Crippen LogP contribution in [0.4, 0.5) is 10.1 Å². The summed E-state index contributed by atoms with van der Waals surface area (Å²) in [5.41, 5.74) is -0.267. The van der Waals surface area contributed by atoms with E-state index in [4.69, 9.17) is 4.55 Å². The van der Waals surface area contributed by atoms with Gasteiger partial charge >= 0.3 is 5.97 Å². The molecule has 2 aromatic rings. The van der Waals surface area contributed by atoms with Gasteiger partial charge in [-0.2, -0.15) is 13.5 Å². The van der Waals surface area contributed by atoms with Crippen LogP contribution in [-0.2, 0) is 19.6 Å². The number of aliphatic hydroxyl groups is 1. The maximum absolute atomic E-state index is 13.0. The summed E-state index contributed by atoms with van der Waals surface area (Å²) in [6, 6.07) is 9.30. The first-order valence-electron chi connectivity index (χ1n) is 6.99. The topological polar surface area (TPSA) is 126 Å². The molecule has 2 rings (SSSR count). The highest BCUT2D eigenvalue weighted by Crippen LogP contribution is 2.22. The number of carbonyl (C=O) groups excluding carboxylic acids is 1. The summed E-state index contributed by atoms with van der Waals surface area (Å²) < 4.78 is 48.4. The Morgan fingerprint density at radius 3 is 2.15 bits per heavy atom. The maximum Gasteiger partial charge on any atom is 0.362 e. The molecule has 0 fully saturated rings. The highest BCUT2D eigenvalue weighted by atomic mass is 32.2. The summed E-state index contributed by atoms with van der Waals surface area (Å²) in [5.74, 6) is -2.08. The second-order valence-corrected chi connectivity index (χ2v) is 6.29. The number of hydrogen-bond donors (Lipinski definition) is 2. The SMILES string of the molecule is COC(=O)C(N=Nc1ccc(S(=O)(=O)O)cc1)=C(O)c1ccc(F)cc1. The van der Waals surface area contributed by atoms with E-state index in [0.29, 0.717) is 0 Å². The average Bonchev–Trinajstić information content (AvgIpc) is 2.61. The van der Waals surface area contributed by atoms with Crippen molar-refractivity contribution < 1.29 is 32.0 Å². The molecule has 0 bridgehead atoms. The molecule has 0 radical (unpaired) electrons. The minimum Gasteiger partial charge on any atom is -0.505 e. The van der Waals surface area contributed by atoms with Crippen molar-refractivity contribution in [2.75, 3.05) is 7.11 Å². The normalized spacial score (nSPS) is 12.7. The van der Waals surface area contributed by atoms with Crippen molar-refractivity contribution in [3.05, 3.63) is 65.6 Å². The van der Waals surface area contributed by atoms with E-state index in [1.165, 1.54) is 24.3 Å². The lowest BCUT2D eigenvalue weighted by atomic mass is 10.1. The predicted octanol–water partition coefficient (Wildman–Crippen LogP) is 3.26. The Labute approximate surface area is 148 Å². The first-order valence-corrected chi connectivity index (χ1v) is 8.43. The minimum absolute atomic E-state index is 0.118. The third-order valence-electron chi connectivity index (χ3n) is 3.12. The molecule has 0 atom stereocenters. The van der Waals surface area contributed by atoms with Gasteiger partial charge in [0.2, 0.25) is 5.70 Å². The third kappa shape index (κ3) is 4.71. The Bertz CT molecular complexity index is 967. The first-order chi connectivity index (χ1) is 12.2. The molecular formula is C16H13FN2O6S. The van der Waals surface area contributed by atoms with Gasteiger partial charge in [0.05, 0.1) is 17.7 Å². The predicted molar refractivity (Wildman–Crippen MR) is 88.7 cm³/mol. The number of nitrogens with zero attached hydrogens (tertiary/aromatic N) is 2. The van der Waals surface area contributed by atoms with E-state index in [0.717, 1.165) is 31.4 Å². The summed E-state index contributed by atoms with van der Waals surface area (Å²) in [4.78, 5) is 11.5. The van der Waals surface area contributed by atoms with Crippen LogP contribution >= 0.6 is 0 Å². The number of azo groups is 1. The molecule has 2 aromatic carbocycles. The smallest absolute Gasteiger partial charge is 0.362 e. The van der Waals surface area contributed by atoms with Crippen LogP contribution in [0.15, 0.2) is 69.4 Å². The molecule has 0 heterocycles. The van der Waals surface area contributed by atoms with Crippen LogP contribution in [0.3, 0.4) is 0 Å². The number of rotatable bonds is 5. The van der Waals surface area contributed by atoms with Crippen molar-refractivity contribution in [3.63, 3.8) is 0 Å². The fraction of sp³-hybridized carbons (Fsp3) is 0.0625. The number of hydrogen-bond acceptors (Lipinski definition) is 7. The molecule has 0 unspecified atom stereocenters. The van der Waals surface area contributed by atoms with Crippen molar-refractivity contribution in [2.45, 2.75) is 4.90 Å². The van der Waals surface area contributed by atoms with Crippen molar-refractivity contribution in [1.29, 1.82) is 0 Å². The quantitative estimate of drug-likeness (QED) is 0.270. The number of aliphatic hydroxyl groups excluding tert-OH is 1. The molecule has 0 aromatic heterocycles. The molecule has 136 valence electrons. The number of benzene rings is 2. The van der Waals surface area contributed by atoms with E-state index in [-0.39, 0.29) is 16.1 Å². The van der Waals surface area contributed by atoms with E-state index in [1.807, 2.05) is 0 Å². The fourth-order valence-corrected chi connectivity index (χ4v) is 2.30. The number of halogens is 1. The fourth-order valence-electron chi connectivity index (χ4n) is 1.82. The van der Waals surface area contributed by atoms with Gasteiger partial charge in [0.15, 0.2) is 5.76 Å². The second kappa shape index (κ2) is 7.85. The summed E-state index contributed by atoms with van der Waals surface area (Å²) in [5, 5.41) is 17.5. The van der Waals surface area contributed by atoms with Crippen LogP contribution in [0.2, 0.25) is 0 Å². The molecule has 2 N–H and O–H groups in total. The lowest BCUT2D eigenvalue weighted by Crippen LogP contribution is -2.05. The molecule has 0 aliphatic heterocycles. The molecule has 0 aliphatic rings. The van der Waals surface area contributed by atoms with E-state index in [9.17, 15) is 22.7 Å². The average molecular weight is 380 g/mol. The van der Waals surface area contributed by atoms with E-state index in [1.54, 1.807) is 0 Å². The van der Waals surface area contributed by atoms with Gasteiger partial charge in [0, 0.05) is 5.56 Å². The lowest BCUT2D eigenvalue weighted by molar-refractivity contribution is -0.136. The Balaban J connectivity index is 2.39. The van der Waals surface area contributed by atoms with Gasteiger partial charge in [0.1, 0.15) is 5.82 Å². The van der Waals surface area contributed by atoms with Crippen LogP contribution in [0.25, 0.3) is 5.76 Å². The Kier molecular flexibility index (Phi) is 5.80. The van der Waals surface area contributed by atoms with Crippen molar-refractivity contribution in [2.24, 2.45) is 10.2 Å². The number of ether oxygens (including phenoxy) is 1. The molecular weight excluding hydrogens is 367 g/mol. The first kappa shape index (κ1) is 19.2. The van der Waals surface area contributed by atoms with Gasteiger partial charge in [-0.25, -0.2) is 9.18 Å². The van der Waals surface area contributed by atoms with Gasteiger partial charge in [-0.1, -0.05) is 0 Å². The second-order valence-electron chi connectivity index (χ2n) is 4.86. The Morgan fingerprint density at radius 1 is 1.08 bits per heavy atom. The number of carbonyl (C=O) groups is 1. The largest absolute Gasteiger partial charge is 0.505 e. The Morgan fingerprint density at radius 2 is 1.65 bits per heavy atom. The van der Waals surface area contributed by atoms with Crippen LogP contribution in [0, 0.1) is 5.82 Å². The molecule has 8 nitrogen and oxygen atoms in total. The highest BCUT2D eigenvalue weighted by Gasteiger charge is 2.17.